The van der Waals surface area contributed by atoms with Gasteiger partial charge in [-0.1, -0.05) is 18.2 Å². The molecule has 30 heavy (non-hydrogen) atoms. The minimum Gasteiger partial charge on any atom is -0.340 e. The molecule has 2 aromatic rings. The Kier molecular flexibility index (Phi) is 6.08. The number of carbonyl (C=O) groups is 1. The molecule has 0 spiro atoms. The molecule has 1 fully saturated rings. The Balaban J connectivity index is 1.62. The molecule has 158 valence electrons. The summed E-state index contributed by atoms with van der Waals surface area (Å²) in [5.74, 6) is -0.212. The van der Waals surface area contributed by atoms with Gasteiger partial charge in [-0.2, -0.15) is 4.31 Å². The smallest absolute Gasteiger partial charge is 0.270 e. The highest BCUT2D eigenvalue weighted by Crippen LogP contribution is 2.22. The van der Waals surface area contributed by atoms with Crippen molar-refractivity contribution in [1.29, 1.82) is 0 Å². The predicted octanol–water partition coefficient (Wildman–Crippen LogP) is 1.58. The molecule has 0 aliphatic carbocycles. The first-order valence-electron chi connectivity index (χ1n) is 8.94. The Morgan fingerprint density at radius 2 is 1.50 bits per heavy atom. The molecule has 2 aromatic carbocycles. The lowest BCUT2D eigenvalue weighted by Crippen LogP contribution is -2.50. The van der Waals surface area contributed by atoms with E-state index in [4.69, 9.17) is 0 Å². The van der Waals surface area contributed by atoms with Gasteiger partial charge in [-0.15, -0.1) is 0 Å². The minimum absolute atomic E-state index is 0.0512. The second-order valence-corrected chi connectivity index (χ2v) is 8.58. The van der Waals surface area contributed by atoms with E-state index in [1.54, 1.807) is 0 Å². The van der Waals surface area contributed by atoms with Crippen molar-refractivity contribution in [1.82, 2.24) is 9.21 Å². The van der Waals surface area contributed by atoms with E-state index in [0.717, 1.165) is 6.07 Å². The van der Waals surface area contributed by atoms with Crippen LogP contribution in [0.2, 0.25) is 0 Å². The molecule has 1 heterocycles. The number of benzene rings is 2. The molecule has 0 N–H and O–H groups in total. The molecule has 3 rings (SSSR count). The van der Waals surface area contributed by atoms with Crippen molar-refractivity contribution in [2.75, 3.05) is 26.2 Å². The summed E-state index contributed by atoms with van der Waals surface area (Å²) >= 11 is 0. The highest BCUT2D eigenvalue weighted by molar-refractivity contribution is 7.89. The Hall–Kier alpha value is -3.38. The number of non-ortho nitro benzene ring substituents is 2. The largest absolute Gasteiger partial charge is 0.340 e. The van der Waals surface area contributed by atoms with Crippen LogP contribution < -0.4 is 0 Å². The van der Waals surface area contributed by atoms with Gasteiger partial charge < -0.3 is 4.90 Å². The number of nitro groups is 2. The van der Waals surface area contributed by atoms with Crippen molar-refractivity contribution in [3.8, 4) is 0 Å². The summed E-state index contributed by atoms with van der Waals surface area (Å²) in [7, 11) is -3.91. The molecule has 1 saturated heterocycles. The van der Waals surface area contributed by atoms with Crippen LogP contribution in [0, 0.1) is 20.2 Å². The van der Waals surface area contributed by atoms with Crippen molar-refractivity contribution < 1.29 is 23.1 Å². The zero-order chi connectivity index (χ0) is 21.9. The van der Waals surface area contributed by atoms with Gasteiger partial charge in [0, 0.05) is 50.4 Å². The molecule has 0 aromatic heterocycles. The van der Waals surface area contributed by atoms with E-state index in [1.807, 2.05) is 0 Å². The van der Waals surface area contributed by atoms with E-state index in [0.29, 0.717) is 5.56 Å². The second-order valence-electron chi connectivity index (χ2n) is 6.64. The van der Waals surface area contributed by atoms with E-state index in [9.17, 15) is 33.4 Å². The molecule has 0 unspecified atom stereocenters. The maximum Gasteiger partial charge on any atom is 0.270 e. The van der Waals surface area contributed by atoms with E-state index in [2.05, 4.69) is 0 Å². The standard InChI is InChI=1S/C18H18N4O7S/c23-18(12-14-4-6-15(7-5-14)21(24)25)19-8-10-20(11-9-19)30(28,29)17-3-1-2-16(13-17)22(26)27/h1-7,13H,8-12H2. The van der Waals surface area contributed by atoms with Crippen LogP contribution in [0.15, 0.2) is 53.4 Å². The number of piperazine rings is 1. The van der Waals surface area contributed by atoms with Gasteiger partial charge in [-0.3, -0.25) is 25.0 Å². The van der Waals surface area contributed by atoms with Crippen LogP contribution >= 0.6 is 0 Å². The number of hydrogen-bond donors (Lipinski definition) is 0. The van der Waals surface area contributed by atoms with Crippen LogP contribution in [0.5, 0.6) is 0 Å². The van der Waals surface area contributed by atoms with Crippen molar-refractivity contribution >= 4 is 27.3 Å². The van der Waals surface area contributed by atoms with E-state index < -0.39 is 19.9 Å². The lowest BCUT2D eigenvalue weighted by atomic mass is 10.1. The maximum atomic E-state index is 12.8. The van der Waals surface area contributed by atoms with Gasteiger partial charge in [0.1, 0.15) is 0 Å². The Bertz CT molecular complexity index is 1080. The molecule has 11 nitrogen and oxygen atoms in total. The molecule has 1 aliphatic heterocycles. The first-order chi connectivity index (χ1) is 14.2. The minimum atomic E-state index is -3.91. The normalized spacial score (nSPS) is 15.0. The van der Waals surface area contributed by atoms with Gasteiger partial charge in [-0.25, -0.2) is 8.42 Å². The third kappa shape index (κ3) is 4.60. The van der Waals surface area contributed by atoms with Gasteiger partial charge in [-0.05, 0) is 11.6 Å². The summed E-state index contributed by atoms with van der Waals surface area (Å²) in [4.78, 5) is 34.3. The lowest BCUT2D eigenvalue weighted by molar-refractivity contribution is -0.385. The molecule has 12 heteroatoms. The number of amides is 1. The van der Waals surface area contributed by atoms with Crippen molar-refractivity contribution in [3.63, 3.8) is 0 Å². The second kappa shape index (κ2) is 8.55. The third-order valence-corrected chi connectivity index (χ3v) is 6.65. The van der Waals surface area contributed by atoms with Gasteiger partial charge in [0.2, 0.25) is 15.9 Å². The molecule has 1 amide bonds. The zero-order valence-corrected chi connectivity index (χ0v) is 16.5. The van der Waals surface area contributed by atoms with Crippen LogP contribution in [-0.4, -0.2) is 59.6 Å². The fourth-order valence-corrected chi connectivity index (χ4v) is 4.57. The summed E-state index contributed by atoms with van der Waals surface area (Å²) < 4.78 is 26.7. The summed E-state index contributed by atoms with van der Waals surface area (Å²) in [5, 5.41) is 21.6. The van der Waals surface area contributed by atoms with Crippen LogP contribution in [0.4, 0.5) is 11.4 Å². The molecular weight excluding hydrogens is 416 g/mol. The Morgan fingerprint density at radius 1 is 0.900 bits per heavy atom. The quantitative estimate of drug-likeness (QED) is 0.496. The molecule has 1 aliphatic rings. The number of hydrogen-bond acceptors (Lipinski definition) is 7. The van der Waals surface area contributed by atoms with Crippen molar-refractivity contribution in [3.05, 3.63) is 74.3 Å². The summed E-state index contributed by atoms with van der Waals surface area (Å²) in [6.07, 6.45) is 0.0512. The van der Waals surface area contributed by atoms with Crippen LogP contribution in [0.25, 0.3) is 0 Å². The van der Waals surface area contributed by atoms with Gasteiger partial charge >= 0.3 is 0 Å². The molecular formula is C18H18N4O7S. The summed E-state index contributed by atoms with van der Waals surface area (Å²) in [5.41, 5.74) is 0.247. The van der Waals surface area contributed by atoms with Crippen LogP contribution in [0.3, 0.4) is 0 Å². The van der Waals surface area contributed by atoms with Crippen LogP contribution in [-0.2, 0) is 21.2 Å². The highest BCUT2D eigenvalue weighted by atomic mass is 32.2. The fraction of sp³-hybridized carbons (Fsp3) is 0.278. The van der Waals surface area contributed by atoms with E-state index >= 15 is 0 Å². The SMILES string of the molecule is O=C(Cc1ccc([N+](=O)[O-])cc1)N1CCN(S(=O)(=O)c2cccc([N+](=O)[O-])c2)CC1. The lowest BCUT2D eigenvalue weighted by Gasteiger charge is -2.34. The first-order valence-corrected chi connectivity index (χ1v) is 10.4. The molecule has 0 bridgehead atoms. The number of rotatable bonds is 6. The average Bonchev–Trinajstić information content (AvgIpc) is 2.74. The first kappa shape index (κ1) is 21.3. The van der Waals surface area contributed by atoms with Crippen molar-refractivity contribution in [2.24, 2.45) is 0 Å². The van der Waals surface area contributed by atoms with Gasteiger partial charge in [0.05, 0.1) is 21.2 Å². The molecule has 0 saturated carbocycles. The number of sulfonamides is 1. The monoisotopic (exact) mass is 434 g/mol. The van der Waals surface area contributed by atoms with E-state index in [-0.39, 0.29) is 54.8 Å². The summed E-state index contributed by atoms with van der Waals surface area (Å²) in [6.45, 7) is 0.494. The summed E-state index contributed by atoms with van der Waals surface area (Å²) in [6, 6.07) is 10.5. The molecule has 0 radical (unpaired) electrons. The fourth-order valence-electron chi connectivity index (χ4n) is 3.11. The Labute approximate surface area is 171 Å². The maximum absolute atomic E-state index is 12.8. The Morgan fingerprint density at radius 3 is 2.07 bits per heavy atom. The topological polar surface area (TPSA) is 144 Å². The number of nitrogens with zero attached hydrogens (tertiary/aromatic N) is 4. The number of carbonyl (C=O) groups excluding carboxylic acids is 1. The number of nitro benzene ring substituents is 2. The highest BCUT2D eigenvalue weighted by Gasteiger charge is 2.31. The van der Waals surface area contributed by atoms with Gasteiger partial charge in [0.25, 0.3) is 11.4 Å². The third-order valence-electron chi connectivity index (χ3n) is 4.76. The zero-order valence-electron chi connectivity index (χ0n) is 15.7. The van der Waals surface area contributed by atoms with Gasteiger partial charge in [0.15, 0.2) is 0 Å². The van der Waals surface area contributed by atoms with Crippen molar-refractivity contribution in [2.45, 2.75) is 11.3 Å². The molecule has 0 atom stereocenters. The van der Waals surface area contributed by atoms with Crippen LogP contribution in [0.1, 0.15) is 5.56 Å². The average molecular weight is 434 g/mol. The predicted molar refractivity (Wildman–Crippen MR) is 105 cm³/mol. The van der Waals surface area contributed by atoms with E-state index in [1.165, 1.54) is 51.7 Å².